The number of esters is 1. The van der Waals surface area contributed by atoms with Crippen LogP contribution >= 0.6 is 0 Å². The molecular formula is C42H59N3O9. The fourth-order valence-corrected chi connectivity index (χ4v) is 9.96. The van der Waals surface area contributed by atoms with Gasteiger partial charge in [0.15, 0.2) is 17.9 Å². The lowest BCUT2D eigenvalue weighted by molar-refractivity contribution is -0.236. The van der Waals surface area contributed by atoms with Crippen molar-refractivity contribution in [2.45, 2.75) is 122 Å². The average molecular weight is 750 g/mol. The van der Waals surface area contributed by atoms with Gasteiger partial charge in [-0.3, -0.25) is 14.4 Å². The zero-order valence-corrected chi connectivity index (χ0v) is 32.8. The van der Waals surface area contributed by atoms with Crippen molar-refractivity contribution < 1.29 is 43.2 Å². The molecule has 0 radical (unpaired) electrons. The Morgan fingerprint density at radius 1 is 0.944 bits per heavy atom. The number of aliphatic hydroxyl groups is 1. The lowest BCUT2D eigenvalue weighted by atomic mass is 9.63. The van der Waals surface area contributed by atoms with Crippen LogP contribution in [0.1, 0.15) is 85.1 Å². The van der Waals surface area contributed by atoms with E-state index in [9.17, 15) is 14.7 Å². The fourth-order valence-electron chi connectivity index (χ4n) is 9.96. The third-order valence-corrected chi connectivity index (χ3v) is 12.6. The van der Waals surface area contributed by atoms with Gasteiger partial charge in [0.25, 0.3) is 0 Å². The highest BCUT2D eigenvalue weighted by atomic mass is 16.6. The normalized spacial score (nSPS) is 32.7. The number of ether oxygens (including phenoxy) is 5. The molecule has 6 rings (SSSR count). The minimum absolute atomic E-state index is 0.00967. The molecule has 1 aromatic heterocycles. The number of aromatic nitrogens is 3. The van der Waals surface area contributed by atoms with Crippen molar-refractivity contribution in [3.8, 4) is 11.3 Å². The largest absolute Gasteiger partial charge is 0.462 e. The summed E-state index contributed by atoms with van der Waals surface area (Å²) in [6.07, 6.45) is 4.96. The SMILES string of the molecule is CC[C@H]1CCCC[C@@H](C)C(=O)C2=C[C@@H]3C(C(=O)[C@@H](n4cc(-c5ccccc5)nn4)C4C[C@@H](OC(O)C(OC)C(OC)C(OC)C(C)C)C[C@H]43)C2CC(=O)O1. The summed E-state index contributed by atoms with van der Waals surface area (Å²) in [5.74, 6) is -2.42. The van der Waals surface area contributed by atoms with Crippen LogP contribution in [0.5, 0.6) is 0 Å². The fraction of sp³-hybridized carbons (Fsp3) is 0.690. The topological polar surface area (TPSA) is 148 Å². The third kappa shape index (κ3) is 8.14. The Hall–Kier alpha value is -3.29. The number of benzene rings is 1. The Morgan fingerprint density at radius 3 is 2.30 bits per heavy atom. The number of carbonyl (C=O) groups excluding carboxylic acids is 3. The lowest BCUT2D eigenvalue weighted by Gasteiger charge is -2.41. The van der Waals surface area contributed by atoms with Crippen molar-refractivity contribution in [3.05, 3.63) is 48.2 Å². The molecule has 0 amide bonds. The van der Waals surface area contributed by atoms with E-state index in [4.69, 9.17) is 23.7 Å². The smallest absolute Gasteiger partial charge is 0.306 e. The van der Waals surface area contributed by atoms with Gasteiger partial charge in [0.1, 0.15) is 30.0 Å². The number of ketones is 2. The summed E-state index contributed by atoms with van der Waals surface area (Å²) >= 11 is 0. The van der Waals surface area contributed by atoms with E-state index < -0.39 is 42.5 Å². The Balaban J connectivity index is 1.35. The highest BCUT2D eigenvalue weighted by molar-refractivity contribution is 6.01. The molecule has 2 aromatic rings. The van der Waals surface area contributed by atoms with Gasteiger partial charge in [0.2, 0.25) is 0 Å². The van der Waals surface area contributed by atoms with Crippen LogP contribution in [-0.4, -0.2) is 95.8 Å². The predicted molar refractivity (Wildman–Crippen MR) is 200 cm³/mol. The van der Waals surface area contributed by atoms with Crippen LogP contribution in [0.2, 0.25) is 0 Å². The maximum absolute atomic E-state index is 15.1. The zero-order chi connectivity index (χ0) is 38.7. The first kappa shape index (κ1) is 40.4. The van der Waals surface area contributed by atoms with E-state index in [0.29, 0.717) is 30.5 Å². The molecule has 3 fully saturated rings. The van der Waals surface area contributed by atoms with E-state index in [-0.39, 0.29) is 65.8 Å². The molecule has 1 N–H and O–H groups in total. The molecule has 3 aliphatic carbocycles. The molecule has 0 bridgehead atoms. The first-order valence-electron chi connectivity index (χ1n) is 19.9. The third-order valence-electron chi connectivity index (χ3n) is 12.6. The van der Waals surface area contributed by atoms with Crippen LogP contribution in [0.4, 0.5) is 0 Å². The molecule has 1 aliphatic heterocycles. The van der Waals surface area contributed by atoms with Crippen molar-refractivity contribution >= 4 is 17.5 Å². The van der Waals surface area contributed by atoms with Gasteiger partial charge in [0.05, 0.1) is 24.8 Å². The number of carbonyl (C=O) groups is 3. The molecule has 1 aromatic carbocycles. The summed E-state index contributed by atoms with van der Waals surface area (Å²) in [6.45, 7) is 8.01. The minimum Gasteiger partial charge on any atom is -0.462 e. The number of allylic oxidation sites excluding steroid dienone is 2. The Morgan fingerprint density at radius 2 is 1.63 bits per heavy atom. The maximum Gasteiger partial charge on any atom is 0.306 e. The first-order valence-corrected chi connectivity index (χ1v) is 19.9. The van der Waals surface area contributed by atoms with Gasteiger partial charge >= 0.3 is 5.97 Å². The van der Waals surface area contributed by atoms with Gasteiger partial charge in [-0.25, -0.2) is 4.68 Å². The molecule has 7 unspecified atom stereocenters. The van der Waals surface area contributed by atoms with Gasteiger partial charge in [-0.2, -0.15) is 0 Å². The van der Waals surface area contributed by atoms with Crippen molar-refractivity contribution in [1.82, 2.24) is 15.0 Å². The molecule has 12 heteroatoms. The summed E-state index contributed by atoms with van der Waals surface area (Å²) in [5.41, 5.74) is 2.10. The van der Waals surface area contributed by atoms with Crippen LogP contribution in [0.25, 0.3) is 11.3 Å². The van der Waals surface area contributed by atoms with Gasteiger partial charge in [-0.15, -0.1) is 5.10 Å². The first-order chi connectivity index (χ1) is 26.0. The monoisotopic (exact) mass is 749 g/mol. The van der Waals surface area contributed by atoms with Gasteiger partial charge < -0.3 is 28.8 Å². The second-order valence-corrected chi connectivity index (χ2v) is 16.2. The van der Waals surface area contributed by atoms with Crippen molar-refractivity contribution in [2.24, 2.45) is 41.4 Å². The number of aliphatic hydroxyl groups excluding tert-OH is 1. The standard InChI is InChI=1S/C42H59N3O9/c1-8-26-17-13-12-14-24(4)37(47)32-20-29-28-18-27(54-42(49)41(52-7)40(51-6)39(50-5)23(2)3)19-31(28)36(38(48)35(29)30(32)21-34(46)53-26)45-22-33(43-44-45)25-15-10-9-11-16-25/h9-11,15-16,20,22-24,26-31,35-36,39-42,49H,8,12-14,17-19,21H2,1-7H3/t24-,26+,27+,28+,29+,30?,31?,35?,36+,39?,40?,41?,42?/m1/s1. The van der Waals surface area contributed by atoms with Crippen LogP contribution in [0, 0.1) is 41.4 Å². The minimum atomic E-state index is -1.34. The molecule has 4 aliphatic rings. The summed E-state index contributed by atoms with van der Waals surface area (Å²) in [5, 5.41) is 20.6. The number of hydrogen-bond acceptors (Lipinski definition) is 11. The average Bonchev–Trinajstić information content (AvgIpc) is 3.90. The zero-order valence-electron chi connectivity index (χ0n) is 32.8. The number of cyclic esters (lactones) is 1. The summed E-state index contributed by atoms with van der Waals surface area (Å²) in [6, 6.07) is 8.97. The van der Waals surface area contributed by atoms with Gasteiger partial charge in [-0.1, -0.05) is 75.7 Å². The number of fused-ring (bicyclic) bond motifs is 5. The maximum atomic E-state index is 15.1. The van der Waals surface area contributed by atoms with Crippen molar-refractivity contribution in [3.63, 3.8) is 0 Å². The van der Waals surface area contributed by atoms with Crippen LogP contribution in [-0.2, 0) is 38.1 Å². The highest BCUT2D eigenvalue weighted by Gasteiger charge is 2.60. The molecular weight excluding hydrogens is 690 g/mol. The van der Waals surface area contributed by atoms with Gasteiger partial charge in [-0.05, 0) is 67.8 Å². The molecule has 12 nitrogen and oxygen atoms in total. The number of Topliss-reactive ketones (excluding diaryl/α,β-unsaturated/α-hetero) is 2. The Kier molecular flexibility index (Phi) is 13.2. The molecule has 296 valence electrons. The summed E-state index contributed by atoms with van der Waals surface area (Å²) in [4.78, 5) is 42.9. The van der Waals surface area contributed by atoms with E-state index in [1.807, 2.05) is 70.3 Å². The van der Waals surface area contributed by atoms with Crippen LogP contribution < -0.4 is 0 Å². The molecule has 2 saturated carbocycles. The van der Waals surface area contributed by atoms with Gasteiger partial charge in [0, 0.05) is 44.6 Å². The number of methoxy groups -OCH3 is 3. The number of nitrogens with zero attached hydrogens (tertiary/aromatic N) is 3. The summed E-state index contributed by atoms with van der Waals surface area (Å²) < 4.78 is 31.4. The second-order valence-electron chi connectivity index (χ2n) is 16.2. The van der Waals surface area contributed by atoms with Crippen LogP contribution in [0.3, 0.4) is 0 Å². The predicted octanol–water partition coefficient (Wildman–Crippen LogP) is 5.78. The van der Waals surface area contributed by atoms with E-state index in [1.54, 1.807) is 18.9 Å². The Labute approximate surface area is 319 Å². The van der Waals surface area contributed by atoms with Crippen LogP contribution in [0.15, 0.2) is 48.2 Å². The van der Waals surface area contributed by atoms with E-state index >= 15 is 4.79 Å². The highest BCUT2D eigenvalue weighted by Crippen LogP contribution is 2.58. The van der Waals surface area contributed by atoms with E-state index in [0.717, 1.165) is 31.2 Å². The van der Waals surface area contributed by atoms with E-state index in [1.165, 1.54) is 7.11 Å². The molecule has 54 heavy (non-hydrogen) atoms. The van der Waals surface area contributed by atoms with Crippen molar-refractivity contribution in [2.75, 3.05) is 21.3 Å². The molecule has 2 heterocycles. The number of hydrogen-bond donors (Lipinski definition) is 1. The molecule has 13 atom stereocenters. The molecule has 1 saturated heterocycles. The van der Waals surface area contributed by atoms with Crippen molar-refractivity contribution in [1.29, 1.82) is 0 Å². The second kappa shape index (κ2) is 17.7. The Bertz CT molecular complexity index is 1630. The molecule has 0 spiro atoms. The quantitative estimate of drug-likeness (QED) is 0.208. The summed E-state index contributed by atoms with van der Waals surface area (Å²) in [7, 11) is 4.68. The lowest BCUT2D eigenvalue weighted by Crippen LogP contribution is -2.50. The van der Waals surface area contributed by atoms with E-state index in [2.05, 4.69) is 10.3 Å². The number of rotatable bonds is 12.